The molecule has 1 N–H and O–H groups in total. The average molecular weight is 706 g/mol. The van der Waals surface area contributed by atoms with E-state index in [-0.39, 0.29) is 29.5 Å². The molecule has 0 heterocycles. The highest BCUT2D eigenvalue weighted by molar-refractivity contribution is 7.92. The summed E-state index contributed by atoms with van der Waals surface area (Å²) in [4.78, 5) is 30.2. The molecule has 11 heteroatoms. The Hall–Kier alpha value is -4.54. The van der Waals surface area contributed by atoms with E-state index < -0.39 is 34.1 Å². The number of amides is 2. The second kappa shape index (κ2) is 15.8. The van der Waals surface area contributed by atoms with E-state index in [0.717, 1.165) is 26.6 Å². The van der Waals surface area contributed by atoms with Crippen molar-refractivity contribution in [2.45, 2.75) is 64.1 Å². The van der Waals surface area contributed by atoms with Gasteiger partial charge in [-0.05, 0) is 93.3 Å². The summed E-state index contributed by atoms with van der Waals surface area (Å²) in [5, 5.41) is 3.56. The molecule has 0 saturated carbocycles. The van der Waals surface area contributed by atoms with Crippen LogP contribution in [0.2, 0.25) is 5.02 Å². The maximum atomic E-state index is 14.7. The minimum atomic E-state index is -4.35. The molecular weight excluding hydrogens is 662 g/mol. The average Bonchev–Trinajstić information content (AvgIpc) is 3.04. The van der Waals surface area contributed by atoms with Crippen LogP contribution in [-0.2, 0) is 32.6 Å². The molecular formula is C38H44ClN3O6S. The van der Waals surface area contributed by atoms with E-state index in [4.69, 9.17) is 21.1 Å². The first kappa shape index (κ1) is 37.3. The van der Waals surface area contributed by atoms with Crippen LogP contribution < -0.4 is 19.1 Å². The smallest absolute Gasteiger partial charge is 0.264 e. The van der Waals surface area contributed by atoms with Gasteiger partial charge in [0, 0.05) is 29.6 Å². The zero-order valence-corrected chi connectivity index (χ0v) is 30.6. The molecule has 1 unspecified atom stereocenters. The van der Waals surface area contributed by atoms with E-state index in [1.165, 1.54) is 37.3 Å². The molecule has 0 saturated heterocycles. The number of hydrogen-bond acceptors (Lipinski definition) is 6. The van der Waals surface area contributed by atoms with Crippen LogP contribution in [0.15, 0.2) is 95.9 Å². The van der Waals surface area contributed by atoms with E-state index in [1.807, 2.05) is 71.0 Å². The van der Waals surface area contributed by atoms with Gasteiger partial charge in [0.1, 0.15) is 12.6 Å². The SMILES string of the molecule is COc1ccc(S(=O)(=O)N(CC(=O)N(Cc2ccc(Cl)cc2)C(Cc2ccccc2)C(=O)NC(C)(C)C)c2cc(C)cc(C)c2)cc1OC. The van der Waals surface area contributed by atoms with Crippen LogP contribution in [0.3, 0.4) is 0 Å². The summed E-state index contributed by atoms with van der Waals surface area (Å²) in [5.41, 5.74) is 2.92. The normalized spacial score (nSPS) is 12.2. The number of benzene rings is 4. The Labute approximate surface area is 294 Å². The number of rotatable bonds is 13. The first-order valence-corrected chi connectivity index (χ1v) is 17.7. The Bertz CT molecular complexity index is 1860. The topological polar surface area (TPSA) is 105 Å². The predicted molar refractivity (Wildman–Crippen MR) is 194 cm³/mol. The highest BCUT2D eigenvalue weighted by atomic mass is 35.5. The van der Waals surface area contributed by atoms with Gasteiger partial charge in [-0.2, -0.15) is 0 Å². The number of anilines is 1. The van der Waals surface area contributed by atoms with E-state index >= 15 is 0 Å². The Kier molecular flexibility index (Phi) is 12.0. The third-order valence-corrected chi connectivity index (χ3v) is 9.77. The molecule has 0 fully saturated rings. The molecule has 0 radical (unpaired) electrons. The van der Waals surface area contributed by atoms with Crippen LogP contribution in [0.25, 0.3) is 0 Å². The minimum Gasteiger partial charge on any atom is -0.493 e. The fraction of sp³-hybridized carbons (Fsp3) is 0.316. The van der Waals surface area contributed by atoms with Crippen LogP contribution in [0, 0.1) is 13.8 Å². The number of halogens is 1. The van der Waals surface area contributed by atoms with Crippen LogP contribution in [-0.4, -0.2) is 57.5 Å². The standard InChI is InChI=1S/C38H44ClN3O6S/c1-26-19-27(2)21-31(20-26)42(49(45,46)32-17-18-34(47-6)35(23-32)48-7)25-36(43)41(24-29-13-15-30(39)16-14-29)33(37(44)40-38(3,4)5)22-28-11-9-8-10-12-28/h8-21,23,33H,22,24-25H2,1-7H3,(H,40,44). The van der Waals surface area contributed by atoms with Crippen molar-refractivity contribution < 1.29 is 27.5 Å². The first-order chi connectivity index (χ1) is 23.1. The zero-order valence-electron chi connectivity index (χ0n) is 29.0. The fourth-order valence-corrected chi connectivity index (χ4v) is 7.06. The number of nitrogens with zero attached hydrogens (tertiary/aromatic N) is 2. The van der Waals surface area contributed by atoms with Gasteiger partial charge in [0.15, 0.2) is 11.5 Å². The molecule has 1 atom stereocenters. The van der Waals surface area contributed by atoms with Crippen molar-refractivity contribution in [1.82, 2.24) is 10.2 Å². The van der Waals surface area contributed by atoms with Crippen LogP contribution in [0.5, 0.6) is 11.5 Å². The van der Waals surface area contributed by atoms with Crippen molar-refractivity contribution in [3.63, 3.8) is 0 Å². The number of carbonyl (C=O) groups is 2. The number of sulfonamides is 1. The highest BCUT2D eigenvalue weighted by Gasteiger charge is 2.36. The van der Waals surface area contributed by atoms with Crippen molar-refractivity contribution in [3.05, 3.63) is 118 Å². The molecule has 0 aliphatic rings. The largest absolute Gasteiger partial charge is 0.493 e. The van der Waals surface area contributed by atoms with Gasteiger partial charge in [0.05, 0.1) is 24.8 Å². The van der Waals surface area contributed by atoms with E-state index in [1.54, 1.807) is 36.4 Å². The van der Waals surface area contributed by atoms with Gasteiger partial charge in [-0.15, -0.1) is 0 Å². The summed E-state index contributed by atoms with van der Waals surface area (Å²) < 4.78 is 40.9. The van der Waals surface area contributed by atoms with Crippen molar-refractivity contribution in [2.75, 3.05) is 25.1 Å². The summed E-state index contributed by atoms with van der Waals surface area (Å²) >= 11 is 6.18. The monoisotopic (exact) mass is 705 g/mol. The van der Waals surface area contributed by atoms with Gasteiger partial charge >= 0.3 is 0 Å². The summed E-state index contributed by atoms with van der Waals surface area (Å²) in [5.74, 6) is -0.345. The highest BCUT2D eigenvalue weighted by Crippen LogP contribution is 2.33. The molecule has 260 valence electrons. The van der Waals surface area contributed by atoms with Gasteiger partial charge < -0.3 is 19.7 Å². The molecule has 4 rings (SSSR count). The van der Waals surface area contributed by atoms with Crippen molar-refractivity contribution in [3.8, 4) is 11.5 Å². The lowest BCUT2D eigenvalue weighted by molar-refractivity contribution is -0.140. The van der Waals surface area contributed by atoms with Gasteiger partial charge in [-0.3, -0.25) is 13.9 Å². The number of aryl methyl sites for hydroxylation is 2. The number of ether oxygens (including phenoxy) is 2. The maximum absolute atomic E-state index is 14.7. The van der Waals surface area contributed by atoms with Gasteiger partial charge in [0.25, 0.3) is 10.0 Å². The van der Waals surface area contributed by atoms with Crippen molar-refractivity contribution in [1.29, 1.82) is 0 Å². The molecule has 49 heavy (non-hydrogen) atoms. The Morgan fingerprint density at radius 1 is 0.816 bits per heavy atom. The number of carbonyl (C=O) groups excluding carboxylic acids is 2. The van der Waals surface area contributed by atoms with Crippen molar-refractivity contribution in [2.24, 2.45) is 0 Å². The fourth-order valence-electron chi connectivity index (χ4n) is 5.52. The molecule has 2 amide bonds. The predicted octanol–water partition coefficient (Wildman–Crippen LogP) is 6.72. The van der Waals surface area contributed by atoms with Crippen LogP contribution >= 0.6 is 11.6 Å². The molecule has 0 aliphatic carbocycles. The van der Waals surface area contributed by atoms with Gasteiger partial charge in [-0.25, -0.2) is 8.42 Å². The van der Waals surface area contributed by atoms with Crippen LogP contribution in [0.1, 0.15) is 43.0 Å². The summed E-state index contributed by atoms with van der Waals surface area (Å²) in [6.07, 6.45) is 0.202. The van der Waals surface area contributed by atoms with E-state index in [2.05, 4.69) is 5.32 Å². The van der Waals surface area contributed by atoms with E-state index in [0.29, 0.717) is 16.5 Å². The molecule has 9 nitrogen and oxygen atoms in total. The summed E-state index contributed by atoms with van der Waals surface area (Å²) in [6, 6.07) is 25.1. The van der Waals surface area contributed by atoms with Gasteiger partial charge in [0.2, 0.25) is 11.8 Å². The van der Waals surface area contributed by atoms with E-state index in [9.17, 15) is 18.0 Å². The first-order valence-electron chi connectivity index (χ1n) is 15.8. The lowest BCUT2D eigenvalue weighted by Gasteiger charge is -2.35. The maximum Gasteiger partial charge on any atom is 0.264 e. The quantitative estimate of drug-likeness (QED) is 0.166. The number of nitrogens with one attached hydrogen (secondary N) is 1. The summed E-state index contributed by atoms with van der Waals surface area (Å²) in [7, 11) is -1.47. The molecule has 0 aromatic heterocycles. The molecule has 4 aromatic rings. The summed E-state index contributed by atoms with van der Waals surface area (Å²) in [6.45, 7) is 8.77. The lowest BCUT2D eigenvalue weighted by atomic mass is 10.0. The Morgan fingerprint density at radius 3 is 2.00 bits per heavy atom. The van der Waals surface area contributed by atoms with Crippen molar-refractivity contribution >= 4 is 39.1 Å². The molecule has 4 aromatic carbocycles. The number of methoxy groups -OCH3 is 2. The molecule has 0 aliphatic heterocycles. The second-order valence-corrected chi connectivity index (χ2v) is 15.3. The molecule has 0 spiro atoms. The second-order valence-electron chi connectivity index (χ2n) is 13.0. The third-order valence-electron chi connectivity index (χ3n) is 7.75. The number of hydrogen-bond donors (Lipinski definition) is 1. The third kappa shape index (κ3) is 9.77. The zero-order chi connectivity index (χ0) is 35.9. The Morgan fingerprint density at radius 2 is 1.43 bits per heavy atom. The van der Waals surface area contributed by atoms with Crippen LogP contribution in [0.4, 0.5) is 5.69 Å². The van der Waals surface area contributed by atoms with Gasteiger partial charge in [-0.1, -0.05) is 60.1 Å². The lowest BCUT2D eigenvalue weighted by Crippen LogP contribution is -2.56. The molecule has 0 bridgehead atoms. The minimum absolute atomic E-state index is 0.0299. The Balaban J connectivity index is 1.86.